The van der Waals surface area contributed by atoms with E-state index >= 15 is 0 Å². The van der Waals surface area contributed by atoms with Crippen LogP contribution in [0.5, 0.6) is 0 Å². The lowest BCUT2D eigenvalue weighted by molar-refractivity contribution is 0.0990. The Bertz CT molecular complexity index is 1660. The maximum absolute atomic E-state index is 13.2. The molecule has 0 bridgehead atoms. The van der Waals surface area contributed by atoms with E-state index in [1.165, 1.54) is 16.8 Å². The van der Waals surface area contributed by atoms with Crippen LogP contribution in [-0.2, 0) is 5.41 Å². The maximum atomic E-state index is 13.2. The molecule has 1 heterocycles. The number of ketones is 2. The lowest BCUT2D eigenvalue weighted by Gasteiger charge is -2.42. The third-order valence-corrected chi connectivity index (χ3v) is 8.02. The van der Waals surface area contributed by atoms with Crippen molar-refractivity contribution >= 4 is 48.0 Å². The molecule has 0 spiro atoms. The van der Waals surface area contributed by atoms with Crippen molar-refractivity contribution in [3.05, 3.63) is 124 Å². The fraction of sp³-hybridized carbons (Fsp3) is 0.176. The number of benzene rings is 4. The van der Waals surface area contributed by atoms with Crippen molar-refractivity contribution in [1.82, 2.24) is 0 Å². The minimum absolute atomic E-state index is 0.191. The van der Waals surface area contributed by atoms with Crippen LogP contribution in [0.1, 0.15) is 76.6 Å². The van der Waals surface area contributed by atoms with Crippen LogP contribution in [0.2, 0.25) is 0 Å². The van der Waals surface area contributed by atoms with Gasteiger partial charge in [0.05, 0.1) is 16.9 Å². The molecular formula is C34H30BNO2. The number of para-hydroxylation sites is 1. The van der Waals surface area contributed by atoms with E-state index in [9.17, 15) is 9.59 Å². The Kier molecular flexibility index (Phi) is 5.53. The zero-order chi connectivity index (χ0) is 26.8. The van der Waals surface area contributed by atoms with Gasteiger partial charge in [-0.05, 0) is 64.6 Å². The monoisotopic (exact) mass is 495 g/mol. The fourth-order valence-corrected chi connectivity index (χ4v) is 5.81. The molecule has 4 aromatic rings. The summed E-state index contributed by atoms with van der Waals surface area (Å²) >= 11 is 0. The van der Waals surface area contributed by atoms with Gasteiger partial charge in [0.25, 0.3) is 0 Å². The van der Waals surface area contributed by atoms with Crippen molar-refractivity contribution in [1.29, 1.82) is 0 Å². The van der Waals surface area contributed by atoms with Gasteiger partial charge in [0.2, 0.25) is 0 Å². The van der Waals surface area contributed by atoms with E-state index in [-0.39, 0.29) is 22.6 Å². The van der Waals surface area contributed by atoms with Crippen molar-refractivity contribution in [2.45, 2.75) is 39.0 Å². The molecule has 4 aromatic carbocycles. The molecule has 0 N–H and O–H groups in total. The van der Waals surface area contributed by atoms with E-state index in [0.717, 1.165) is 28.0 Å². The number of fused-ring (bicyclic) bond motifs is 3. The van der Waals surface area contributed by atoms with E-state index in [0.29, 0.717) is 17.0 Å². The summed E-state index contributed by atoms with van der Waals surface area (Å²) < 4.78 is 0. The highest BCUT2D eigenvalue weighted by Gasteiger charge is 2.38. The second-order valence-corrected chi connectivity index (χ2v) is 11.3. The van der Waals surface area contributed by atoms with Gasteiger partial charge in [0.1, 0.15) is 7.85 Å². The Labute approximate surface area is 225 Å². The predicted molar refractivity (Wildman–Crippen MR) is 159 cm³/mol. The molecule has 3 nitrogen and oxygen atoms in total. The summed E-state index contributed by atoms with van der Waals surface area (Å²) in [5.74, 6) is 0.0340. The molecule has 38 heavy (non-hydrogen) atoms. The lowest BCUT2D eigenvalue weighted by Crippen LogP contribution is -2.31. The molecule has 1 aliphatic carbocycles. The number of hydrogen-bond donors (Lipinski definition) is 0. The summed E-state index contributed by atoms with van der Waals surface area (Å²) in [6.07, 6.45) is 1.77. The SMILES string of the molecule is Bc1ccc2c(c1)C(=O)/C(=C\c1ccc3c(c1)C(C)(C)c1cc(C(C)C)ccc1N3c1ccccc1)C2=O. The number of allylic oxidation sites excluding steroid dienone is 1. The van der Waals surface area contributed by atoms with Crippen molar-refractivity contribution in [2.24, 2.45) is 0 Å². The zero-order valence-electron chi connectivity index (χ0n) is 22.5. The average molecular weight is 495 g/mol. The predicted octanol–water partition coefficient (Wildman–Crippen LogP) is 6.64. The van der Waals surface area contributed by atoms with E-state index < -0.39 is 0 Å². The zero-order valence-corrected chi connectivity index (χ0v) is 22.5. The van der Waals surface area contributed by atoms with Crippen molar-refractivity contribution < 1.29 is 9.59 Å². The van der Waals surface area contributed by atoms with Gasteiger partial charge in [-0.15, -0.1) is 0 Å². The molecule has 0 aromatic heterocycles. The van der Waals surface area contributed by atoms with E-state index in [2.05, 4.69) is 87.2 Å². The van der Waals surface area contributed by atoms with Gasteiger partial charge in [-0.3, -0.25) is 9.59 Å². The molecule has 0 radical (unpaired) electrons. The van der Waals surface area contributed by atoms with Crippen LogP contribution in [0.3, 0.4) is 0 Å². The fourth-order valence-electron chi connectivity index (χ4n) is 5.81. The first-order valence-electron chi connectivity index (χ1n) is 13.2. The highest BCUT2D eigenvalue weighted by molar-refractivity contribution is 6.42. The first kappa shape index (κ1) is 24.2. The van der Waals surface area contributed by atoms with Gasteiger partial charge >= 0.3 is 0 Å². The van der Waals surface area contributed by atoms with Crippen LogP contribution in [0, 0.1) is 0 Å². The van der Waals surface area contributed by atoms with E-state index in [1.807, 2.05) is 32.1 Å². The lowest BCUT2D eigenvalue weighted by atomic mass is 9.72. The Morgan fingerprint density at radius 1 is 0.763 bits per heavy atom. The first-order valence-corrected chi connectivity index (χ1v) is 13.2. The van der Waals surface area contributed by atoms with Crippen molar-refractivity contribution in [3.63, 3.8) is 0 Å². The van der Waals surface area contributed by atoms with Gasteiger partial charge in [0, 0.05) is 22.2 Å². The van der Waals surface area contributed by atoms with Crippen LogP contribution in [0.15, 0.2) is 90.5 Å². The Morgan fingerprint density at radius 2 is 1.42 bits per heavy atom. The van der Waals surface area contributed by atoms with Gasteiger partial charge in [-0.25, -0.2) is 0 Å². The number of carbonyl (C=O) groups excluding carboxylic acids is 2. The second kappa shape index (κ2) is 8.70. The van der Waals surface area contributed by atoms with Crippen LogP contribution >= 0.6 is 0 Å². The summed E-state index contributed by atoms with van der Waals surface area (Å²) in [4.78, 5) is 28.6. The molecule has 186 valence electrons. The summed E-state index contributed by atoms with van der Waals surface area (Å²) in [6, 6.07) is 29.0. The minimum atomic E-state index is -0.279. The quantitative estimate of drug-likeness (QED) is 0.182. The van der Waals surface area contributed by atoms with Crippen molar-refractivity contribution in [3.8, 4) is 0 Å². The Balaban J connectivity index is 1.52. The van der Waals surface area contributed by atoms with Crippen LogP contribution in [0.4, 0.5) is 17.1 Å². The summed E-state index contributed by atoms with van der Waals surface area (Å²) in [5.41, 5.74) is 9.91. The molecule has 0 saturated carbocycles. The maximum Gasteiger partial charge on any atom is 0.197 e. The molecule has 2 aliphatic rings. The number of hydrogen-bond acceptors (Lipinski definition) is 3. The molecule has 0 unspecified atom stereocenters. The molecule has 0 fully saturated rings. The van der Waals surface area contributed by atoms with Gasteiger partial charge in [-0.1, -0.05) is 87.8 Å². The average Bonchev–Trinajstić information content (AvgIpc) is 3.13. The van der Waals surface area contributed by atoms with E-state index in [4.69, 9.17) is 0 Å². The smallest absolute Gasteiger partial charge is 0.197 e. The number of Topliss-reactive ketones (excluding diaryl/α,β-unsaturated/α-hetero) is 2. The molecule has 0 atom stereocenters. The highest BCUT2D eigenvalue weighted by atomic mass is 16.2. The van der Waals surface area contributed by atoms with Gasteiger partial charge in [0.15, 0.2) is 11.6 Å². The second-order valence-electron chi connectivity index (χ2n) is 11.3. The van der Waals surface area contributed by atoms with E-state index in [1.54, 1.807) is 12.1 Å². The highest BCUT2D eigenvalue weighted by Crippen LogP contribution is 2.52. The molecule has 6 rings (SSSR count). The van der Waals surface area contributed by atoms with Crippen LogP contribution in [0.25, 0.3) is 6.08 Å². The number of carbonyl (C=O) groups is 2. The third-order valence-electron chi connectivity index (χ3n) is 8.02. The molecular weight excluding hydrogens is 465 g/mol. The van der Waals surface area contributed by atoms with Crippen molar-refractivity contribution in [2.75, 3.05) is 4.90 Å². The summed E-state index contributed by atoms with van der Waals surface area (Å²) in [5, 5.41) is 0. The molecule has 4 heteroatoms. The molecule has 0 amide bonds. The first-order chi connectivity index (χ1) is 18.2. The number of nitrogens with zero attached hydrogens (tertiary/aromatic N) is 1. The summed E-state index contributed by atoms with van der Waals surface area (Å²) in [6.45, 7) is 8.97. The van der Waals surface area contributed by atoms with Gasteiger partial charge in [-0.2, -0.15) is 0 Å². The van der Waals surface area contributed by atoms with Crippen LogP contribution < -0.4 is 10.4 Å². The van der Waals surface area contributed by atoms with Gasteiger partial charge < -0.3 is 4.90 Å². The van der Waals surface area contributed by atoms with Crippen LogP contribution in [-0.4, -0.2) is 19.4 Å². The third kappa shape index (κ3) is 3.67. The number of anilines is 3. The molecule has 0 saturated heterocycles. The summed E-state index contributed by atoms with van der Waals surface area (Å²) in [7, 11) is 1.94. The normalized spacial score (nSPS) is 16.6. The topological polar surface area (TPSA) is 37.4 Å². The minimum Gasteiger partial charge on any atom is -0.310 e. The standard InChI is InChI=1S/C34H30BNO2/c1-20(2)22-11-15-31-29(18-22)34(3,4)28-17-21(10-14-30(28)36(31)24-8-6-5-7-9-24)16-27-32(37)25-13-12-23(35)19-26(25)33(27)38/h5-20H,35H2,1-4H3/b27-16-. The Morgan fingerprint density at radius 3 is 2.13 bits per heavy atom. The largest absolute Gasteiger partial charge is 0.310 e. The molecule has 1 aliphatic heterocycles. The Hall–Kier alpha value is -4.18. The number of rotatable bonds is 3.